The molecule has 3 rings (SSSR count). The third kappa shape index (κ3) is 4.22. The summed E-state index contributed by atoms with van der Waals surface area (Å²) in [7, 11) is -1.08. The lowest BCUT2D eigenvalue weighted by Crippen LogP contribution is -2.32. The van der Waals surface area contributed by atoms with Gasteiger partial charge >= 0.3 is 0 Å². The predicted octanol–water partition coefficient (Wildman–Crippen LogP) is 2.20. The highest BCUT2D eigenvalue weighted by atomic mass is 32.2. The van der Waals surface area contributed by atoms with Crippen molar-refractivity contribution in [1.29, 1.82) is 0 Å². The van der Waals surface area contributed by atoms with Crippen molar-refractivity contribution in [3.8, 4) is 0 Å². The number of amides is 1. The molecule has 7 heteroatoms. The number of carbonyl (C=O) groups excluding carboxylic acids is 1. The third-order valence-electron chi connectivity index (χ3n) is 4.79. The van der Waals surface area contributed by atoms with Crippen LogP contribution in [0.4, 0.5) is 5.69 Å². The number of anilines is 1. The summed E-state index contributed by atoms with van der Waals surface area (Å²) >= 11 is 0. The summed E-state index contributed by atoms with van der Waals surface area (Å²) in [5.41, 5.74) is 2.17. The van der Waals surface area contributed by atoms with Crippen molar-refractivity contribution < 1.29 is 13.2 Å². The van der Waals surface area contributed by atoms with E-state index in [1.165, 1.54) is 0 Å². The lowest BCUT2D eigenvalue weighted by atomic mass is 10.1. The minimum Gasteiger partial charge on any atom is -0.369 e. The molecule has 1 N–H and O–H groups in total. The number of pyridine rings is 1. The minimum absolute atomic E-state index is 0.0421. The van der Waals surface area contributed by atoms with Crippen LogP contribution >= 0.6 is 0 Å². The molecule has 2 aromatic rings. The number of benzene rings is 1. The van der Waals surface area contributed by atoms with Crippen molar-refractivity contribution in [2.45, 2.75) is 25.4 Å². The second kappa shape index (κ2) is 7.45. The van der Waals surface area contributed by atoms with Gasteiger partial charge in [0.15, 0.2) is 9.84 Å². The first-order valence-electron chi connectivity index (χ1n) is 8.61. The van der Waals surface area contributed by atoms with Crippen molar-refractivity contribution in [2.75, 3.05) is 23.5 Å². The lowest BCUT2D eigenvalue weighted by molar-refractivity contribution is 0.0935. The fraction of sp³-hybridized carbons (Fsp3) is 0.368. The zero-order valence-corrected chi connectivity index (χ0v) is 15.7. The number of hydrogen-bond acceptors (Lipinski definition) is 5. The zero-order valence-electron chi connectivity index (χ0n) is 14.9. The maximum atomic E-state index is 12.4. The van der Waals surface area contributed by atoms with Crippen LogP contribution in [-0.2, 0) is 9.84 Å². The van der Waals surface area contributed by atoms with Gasteiger partial charge in [0.05, 0.1) is 29.4 Å². The normalized spacial score (nSPS) is 19.7. The predicted molar refractivity (Wildman–Crippen MR) is 102 cm³/mol. The minimum atomic E-state index is -2.94. The van der Waals surface area contributed by atoms with Gasteiger partial charge in [0, 0.05) is 13.1 Å². The number of nitrogens with one attached hydrogen (secondary N) is 1. The van der Waals surface area contributed by atoms with Crippen LogP contribution < -0.4 is 10.2 Å². The first-order chi connectivity index (χ1) is 12.4. The molecule has 2 atom stereocenters. The van der Waals surface area contributed by atoms with E-state index in [2.05, 4.69) is 10.3 Å². The number of rotatable bonds is 5. The molecule has 0 bridgehead atoms. The van der Waals surface area contributed by atoms with E-state index in [-0.39, 0.29) is 29.5 Å². The van der Waals surface area contributed by atoms with E-state index in [0.717, 1.165) is 11.3 Å². The molecule has 0 radical (unpaired) electrons. The third-order valence-corrected chi connectivity index (χ3v) is 6.54. The highest BCUT2D eigenvalue weighted by molar-refractivity contribution is 7.91. The van der Waals surface area contributed by atoms with Crippen molar-refractivity contribution in [1.82, 2.24) is 10.3 Å². The van der Waals surface area contributed by atoms with Crippen LogP contribution in [0.25, 0.3) is 0 Å². The molecular formula is C19H23N3O3S. The number of hydrogen-bond donors (Lipinski definition) is 1. The summed E-state index contributed by atoms with van der Waals surface area (Å²) in [4.78, 5) is 18.6. The average molecular weight is 373 g/mol. The second-order valence-electron chi connectivity index (χ2n) is 6.68. The Kier molecular flexibility index (Phi) is 5.27. The Morgan fingerprint density at radius 2 is 1.96 bits per heavy atom. The maximum absolute atomic E-state index is 12.4. The standard InChI is InChI=1S/C19H23N3O3S/c1-14(15-6-4-3-5-7-15)21-19(23)18-9-8-16(12-20-18)22(2)17-10-11-26(24,25)13-17/h3-9,12,14,17H,10-11,13H2,1-2H3,(H,21,23). The molecule has 2 heterocycles. The smallest absolute Gasteiger partial charge is 0.270 e. The molecule has 26 heavy (non-hydrogen) atoms. The highest BCUT2D eigenvalue weighted by Gasteiger charge is 2.31. The molecule has 6 nitrogen and oxygen atoms in total. The van der Waals surface area contributed by atoms with Gasteiger partial charge in [-0.25, -0.2) is 13.4 Å². The van der Waals surface area contributed by atoms with Gasteiger partial charge in [-0.15, -0.1) is 0 Å². The van der Waals surface area contributed by atoms with Gasteiger partial charge in [0.2, 0.25) is 0 Å². The fourth-order valence-corrected chi connectivity index (χ4v) is 4.89. The van der Waals surface area contributed by atoms with Crippen molar-refractivity contribution in [2.24, 2.45) is 0 Å². The van der Waals surface area contributed by atoms with E-state index in [0.29, 0.717) is 12.1 Å². The van der Waals surface area contributed by atoms with E-state index in [4.69, 9.17) is 0 Å². The molecule has 138 valence electrons. The molecule has 1 fully saturated rings. The van der Waals surface area contributed by atoms with E-state index in [9.17, 15) is 13.2 Å². The van der Waals surface area contributed by atoms with E-state index in [1.54, 1.807) is 18.3 Å². The SMILES string of the molecule is CC(NC(=O)c1ccc(N(C)C2CCS(=O)(=O)C2)cn1)c1ccccc1. The van der Waals surface area contributed by atoms with Crippen LogP contribution in [0.3, 0.4) is 0 Å². The fourth-order valence-electron chi connectivity index (χ4n) is 3.12. The van der Waals surface area contributed by atoms with Crippen molar-refractivity contribution in [3.05, 3.63) is 59.9 Å². The second-order valence-corrected chi connectivity index (χ2v) is 8.90. The molecule has 0 saturated carbocycles. The summed E-state index contributed by atoms with van der Waals surface area (Å²) in [6.07, 6.45) is 2.24. The van der Waals surface area contributed by atoms with Gasteiger partial charge in [-0.05, 0) is 31.0 Å². The Morgan fingerprint density at radius 1 is 1.23 bits per heavy atom. The Morgan fingerprint density at radius 3 is 2.54 bits per heavy atom. The molecule has 1 saturated heterocycles. The summed E-state index contributed by atoms with van der Waals surface area (Å²) in [6.45, 7) is 1.93. The zero-order chi connectivity index (χ0) is 18.7. The summed E-state index contributed by atoms with van der Waals surface area (Å²) < 4.78 is 23.3. The van der Waals surface area contributed by atoms with Crippen LogP contribution in [0.15, 0.2) is 48.7 Å². The molecule has 0 aliphatic carbocycles. The number of nitrogens with zero attached hydrogens (tertiary/aromatic N) is 2. The number of carbonyl (C=O) groups is 1. The monoisotopic (exact) mass is 373 g/mol. The van der Waals surface area contributed by atoms with Gasteiger partial charge in [0.1, 0.15) is 5.69 Å². The lowest BCUT2D eigenvalue weighted by Gasteiger charge is -2.25. The molecule has 1 amide bonds. The molecule has 1 aromatic carbocycles. The van der Waals surface area contributed by atoms with E-state index >= 15 is 0 Å². The average Bonchev–Trinajstić information content (AvgIpc) is 3.01. The largest absolute Gasteiger partial charge is 0.369 e. The van der Waals surface area contributed by atoms with Gasteiger partial charge in [-0.3, -0.25) is 4.79 Å². The quantitative estimate of drug-likeness (QED) is 0.869. The highest BCUT2D eigenvalue weighted by Crippen LogP contribution is 2.22. The summed E-state index contributed by atoms with van der Waals surface area (Å²) in [6, 6.07) is 13.1. The molecule has 0 spiro atoms. The topological polar surface area (TPSA) is 79.4 Å². The van der Waals surface area contributed by atoms with Crippen LogP contribution in [0.2, 0.25) is 0 Å². The van der Waals surface area contributed by atoms with Gasteiger partial charge in [-0.1, -0.05) is 30.3 Å². The van der Waals surface area contributed by atoms with E-state index in [1.807, 2.05) is 49.2 Å². The van der Waals surface area contributed by atoms with Crippen LogP contribution in [0.5, 0.6) is 0 Å². The molecule has 1 aliphatic heterocycles. The Bertz CT molecular complexity index is 867. The van der Waals surface area contributed by atoms with Crippen LogP contribution in [0.1, 0.15) is 35.4 Å². The summed E-state index contributed by atoms with van der Waals surface area (Å²) in [5.74, 6) is 0.159. The first kappa shape index (κ1) is 18.4. The Labute approximate surface area is 154 Å². The Balaban J connectivity index is 1.64. The van der Waals surface area contributed by atoms with Crippen molar-refractivity contribution in [3.63, 3.8) is 0 Å². The molecular weight excluding hydrogens is 350 g/mol. The van der Waals surface area contributed by atoms with Crippen LogP contribution in [-0.4, -0.2) is 43.9 Å². The molecule has 2 unspecified atom stereocenters. The summed E-state index contributed by atoms with van der Waals surface area (Å²) in [5, 5.41) is 2.93. The number of aromatic nitrogens is 1. The van der Waals surface area contributed by atoms with Crippen LogP contribution in [0, 0.1) is 0 Å². The number of sulfone groups is 1. The van der Waals surface area contributed by atoms with E-state index < -0.39 is 9.84 Å². The Hall–Kier alpha value is -2.41. The molecule has 1 aromatic heterocycles. The van der Waals surface area contributed by atoms with Crippen molar-refractivity contribution >= 4 is 21.4 Å². The first-order valence-corrected chi connectivity index (χ1v) is 10.4. The molecule has 1 aliphatic rings. The van der Waals surface area contributed by atoms with Gasteiger partial charge in [0.25, 0.3) is 5.91 Å². The maximum Gasteiger partial charge on any atom is 0.270 e. The van der Waals surface area contributed by atoms with Gasteiger partial charge in [-0.2, -0.15) is 0 Å². The van der Waals surface area contributed by atoms with Gasteiger partial charge < -0.3 is 10.2 Å².